The summed E-state index contributed by atoms with van der Waals surface area (Å²) in [6.07, 6.45) is 3.20. The minimum atomic E-state index is -0.278. The summed E-state index contributed by atoms with van der Waals surface area (Å²) in [5, 5.41) is 10.7. The van der Waals surface area contributed by atoms with Crippen molar-refractivity contribution >= 4 is 11.4 Å². The fourth-order valence-electron chi connectivity index (χ4n) is 2.13. The number of pyridine rings is 1. The topological polar surface area (TPSA) is 104 Å². The molecule has 0 spiro atoms. The summed E-state index contributed by atoms with van der Waals surface area (Å²) >= 11 is 0. The number of hydrogen-bond donors (Lipinski definition) is 1. The molecule has 24 heavy (non-hydrogen) atoms. The van der Waals surface area contributed by atoms with Crippen molar-refractivity contribution < 1.29 is 18.8 Å². The Kier molecular flexibility index (Phi) is 4.71. The molecule has 0 aliphatic rings. The van der Waals surface area contributed by atoms with E-state index >= 15 is 0 Å². The maximum Gasteiger partial charge on any atom is 0.255 e. The maximum atomic E-state index is 12.3. The number of aromatic nitrogens is 4. The Morgan fingerprint density at radius 3 is 3.08 bits per heavy atom. The number of carbonyl (C=O) groups is 1. The predicted molar refractivity (Wildman–Crippen MR) is 82.5 cm³/mol. The molecule has 0 saturated carbocycles. The molecular weight excluding hydrogens is 314 g/mol. The van der Waals surface area contributed by atoms with Gasteiger partial charge in [-0.3, -0.25) is 4.79 Å². The maximum absolute atomic E-state index is 12.3. The number of carbonyl (C=O) groups excluding carboxylic acids is 1. The molecule has 0 saturated heterocycles. The van der Waals surface area contributed by atoms with Gasteiger partial charge in [0.2, 0.25) is 5.89 Å². The zero-order valence-electron chi connectivity index (χ0n) is 13.4. The van der Waals surface area contributed by atoms with E-state index in [1.165, 1.54) is 6.20 Å². The van der Waals surface area contributed by atoms with Gasteiger partial charge in [0.05, 0.1) is 37.1 Å². The van der Waals surface area contributed by atoms with Crippen molar-refractivity contribution in [3.05, 3.63) is 41.8 Å². The van der Waals surface area contributed by atoms with Crippen molar-refractivity contribution in [2.45, 2.75) is 20.1 Å². The second-order valence-corrected chi connectivity index (χ2v) is 4.88. The highest BCUT2D eigenvalue weighted by molar-refractivity contribution is 6.00. The van der Waals surface area contributed by atoms with Crippen molar-refractivity contribution in [1.29, 1.82) is 0 Å². The Bertz CT molecular complexity index is 841. The van der Waals surface area contributed by atoms with E-state index in [-0.39, 0.29) is 19.1 Å². The van der Waals surface area contributed by atoms with Crippen LogP contribution in [-0.2, 0) is 17.9 Å². The monoisotopic (exact) mass is 331 g/mol. The van der Waals surface area contributed by atoms with E-state index in [0.717, 1.165) is 0 Å². The smallest absolute Gasteiger partial charge is 0.255 e. The van der Waals surface area contributed by atoms with Gasteiger partial charge in [-0.05, 0) is 19.1 Å². The third-order valence-electron chi connectivity index (χ3n) is 3.31. The zero-order chi connectivity index (χ0) is 16.9. The second kappa shape index (κ2) is 7.09. The molecule has 0 bridgehead atoms. The Morgan fingerprint density at radius 2 is 2.29 bits per heavy atom. The van der Waals surface area contributed by atoms with Gasteiger partial charge in [0.25, 0.3) is 5.91 Å². The van der Waals surface area contributed by atoms with Gasteiger partial charge in [-0.15, -0.1) is 0 Å². The summed E-state index contributed by atoms with van der Waals surface area (Å²) in [7, 11) is 1.57. The van der Waals surface area contributed by atoms with Crippen LogP contribution in [0.5, 0.6) is 5.75 Å². The molecule has 0 aliphatic heterocycles. The van der Waals surface area contributed by atoms with Gasteiger partial charge in [-0.2, -0.15) is 10.1 Å². The van der Waals surface area contributed by atoms with E-state index in [9.17, 15) is 4.79 Å². The second-order valence-electron chi connectivity index (χ2n) is 4.88. The average molecular weight is 331 g/mol. The van der Waals surface area contributed by atoms with Gasteiger partial charge >= 0.3 is 0 Å². The third-order valence-corrected chi connectivity index (χ3v) is 3.31. The van der Waals surface area contributed by atoms with Gasteiger partial charge in [0.15, 0.2) is 5.82 Å². The van der Waals surface area contributed by atoms with Crippen LogP contribution in [0.3, 0.4) is 0 Å². The zero-order valence-corrected chi connectivity index (χ0v) is 13.4. The van der Waals surface area contributed by atoms with Crippen LogP contribution >= 0.6 is 0 Å². The Morgan fingerprint density at radius 1 is 1.42 bits per heavy atom. The van der Waals surface area contributed by atoms with Gasteiger partial charge < -0.3 is 19.3 Å². The SMILES string of the molecule is CCOCc1noc(CNC(=O)c2cnn3cc(OC)ccc23)n1. The number of hydrogen-bond acceptors (Lipinski definition) is 7. The molecule has 0 atom stereocenters. The van der Waals surface area contributed by atoms with Crippen LogP contribution in [0.2, 0.25) is 0 Å². The van der Waals surface area contributed by atoms with Gasteiger partial charge in [-0.1, -0.05) is 5.16 Å². The quantitative estimate of drug-likeness (QED) is 0.693. The molecule has 1 amide bonds. The molecule has 9 heteroatoms. The van der Waals surface area contributed by atoms with Crippen molar-refractivity contribution in [2.24, 2.45) is 0 Å². The highest BCUT2D eigenvalue weighted by atomic mass is 16.5. The molecule has 0 unspecified atom stereocenters. The summed E-state index contributed by atoms with van der Waals surface area (Å²) in [5.41, 5.74) is 1.13. The standard InChI is InChI=1S/C15H17N5O4/c1-3-23-9-13-18-14(24-19-13)7-16-15(21)11-6-17-20-8-10(22-2)4-5-12(11)20/h4-6,8H,3,7,9H2,1-2H3,(H,16,21). The minimum Gasteiger partial charge on any atom is -0.495 e. The minimum absolute atomic E-state index is 0.130. The largest absolute Gasteiger partial charge is 0.495 e. The van der Waals surface area contributed by atoms with E-state index in [1.54, 1.807) is 30.0 Å². The molecule has 9 nitrogen and oxygen atoms in total. The highest BCUT2D eigenvalue weighted by Crippen LogP contribution is 2.16. The lowest BCUT2D eigenvalue weighted by atomic mass is 10.2. The van der Waals surface area contributed by atoms with Crippen LogP contribution in [0.4, 0.5) is 0 Å². The number of methoxy groups -OCH3 is 1. The molecule has 0 aromatic carbocycles. The third kappa shape index (κ3) is 3.35. The summed E-state index contributed by atoms with van der Waals surface area (Å²) < 4.78 is 17.0. The molecule has 3 aromatic heterocycles. The lowest BCUT2D eigenvalue weighted by Crippen LogP contribution is -2.22. The Labute approximate surface area is 137 Å². The molecule has 0 aliphatic carbocycles. The number of rotatable bonds is 7. The van der Waals surface area contributed by atoms with E-state index in [4.69, 9.17) is 14.0 Å². The molecule has 0 fully saturated rings. The van der Waals surface area contributed by atoms with Gasteiger partial charge in [0, 0.05) is 6.61 Å². The van der Waals surface area contributed by atoms with Gasteiger partial charge in [-0.25, -0.2) is 4.52 Å². The van der Waals surface area contributed by atoms with E-state index in [2.05, 4.69) is 20.6 Å². The molecule has 126 valence electrons. The number of ether oxygens (including phenoxy) is 2. The van der Waals surface area contributed by atoms with Crippen LogP contribution in [0.25, 0.3) is 5.52 Å². The van der Waals surface area contributed by atoms with Crippen LogP contribution in [-0.4, -0.2) is 39.4 Å². The fourth-order valence-corrected chi connectivity index (χ4v) is 2.13. The highest BCUT2D eigenvalue weighted by Gasteiger charge is 2.14. The molecule has 3 heterocycles. The first-order chi connectivity index (χ1) is 11.7. The van der Waals surface area contributed by atoms with Crippen LogP contribution in [0.1, 0.15) is 29.0 Å². The van der Waals surface area contributed by atoms with Gasteiger partial charge in [0.1, 0.15) is 12.4 Å². The van der Waals surface area contributed by atoms with Crippen molar-refractivity contribution in [2.75, 3.05) is 13.7 Å². The van der Waals surface area contributed by atoms with Crippen LogP contribution in [0.15, 0.2) is 29.0 Å². The lowest BCUT2D eigenvalue weighted by molar-refractivity contribution is 0.0948. The van der Waals surface area contributed by atoms with Crippen LogP contribution < -0.4 is 10.1 Å². The first-order valence-corrected chi connectivity index (χ1v) is 7.40. The fraction of sp³-hybridized carbons (Fsp3) is 0.333. The first kappa shape index (κ1) is 15.9. The Balaban J connectivity index is 1.66. The molecule has 1 N–H and O–H groups in total. The summed E-state index contributed by atoms with van der Waals surface area (Å²) in [6, 6.07) is 3.54. The van der Waals surface area contributed by atoms with E-state index in [1.807, 2.05) is 6.92 Å². The first-order valence-electron chi connectivity index (χ1n) is 7.40. The normalized spacial score (nSPS) is 10.9. The summed E-state index contributed by atoms with van der Waals surface area (Å²) in [6.45, 7) is 2.86. The van der Waals surface area contributed by atoms with Crippen molar-refractivity contribution in [1.82, 2.24) is 25.1 Å². The number of amides is 1. The molecule has 0 radical (unpaired) electrons. The van der Waals surface area contributed by atoms with Crippen molar-refractivity contribution in [3.63, 3.8) is 0 Å². The summed E-state index contributed by atoms with van der Waals surface area (Å²) in [4.78, 5) is 16.4. The Hall–Kier alpha value is -2.94. The van der Waals surface area contributed by atoms with E-state index < -0.39 is 0 Å². The number of nitrogens with one attached hydrogen (secondary N) is 1. The lowest BCUT2D eigenvalue weighted by Gasteiger charge is -2.02. The van der Waals surface area contributed by atoms with E-state index in [0.29, 0.717) is 35.2 Å². The molecule has 3 aromatic rings. The average Bonchev–Trinajstić information content (AvgIpc) is 3.23. The summed E-state index contributed by atoms with van der Waals surface area (Å²) in [5.74, 6) is 1.14. The predicted octanol–water partition coefficient (Wildman–Crippen LogP) is 1.19. The number of fused-ring (bicyclic) bond motifs is 1. The number of nitrogens with zero attached hydrogens (tertiary/aromatic N) is 4. The van der Waals surface area contributed by atoms with Crippen LogP contribution in [0, 0.1) is 0 Å². The molecule has 3 rings (SSSR count). The molecular formula is C15H17N5O4. The van der Waals surface area contributed by atoms with Crippen molar-refractivity contribution in [3.8, 4) is 5.75 Å².